The number of hydrogen-bond acceptors (Lipinski definition) is 11. The highest BCUT2D eigenvalue weighted by molar-refractivity contribution is 6.09. The lowest BCUT2D eigenvalue weighted by atomic mass is 9.82. The summed E-state index contributed by atoms with van der Waals surface area (Å²) in [6.07, 6.45) is -1.77. The van der Waals surface area contributed by atoms with E-state index in [0.29, 0.717) is 56.4 Å². The molecule has 366 valence electrons. The number of benzene rings is 2. The Kier molecular flexibility index (Phi) is 16.7. The summed E-state index contributed by atoms with van der Waals surface area (Å²) in [6, 6.07) is 8.63. The summed E-state index contributed by atoms with van der Waals surface area (Å²) in [5.74, 6) is 3.48. The molecular weight excluding hydrogens is 906 g/mol. The normalized spacial score (nSPS) is 19.9. The summed E-state index contributed by atoms with van der Waals surface area (Å²) in [5, 5.41) is 18.4. The predicted octanol–water partition coefficient (Wildman–Crippen LogP) is 5.20. The first-order valence-electron chi connectivity index (χ1n) is 21.9. The van der Waals surface area contributed by atoms with Crippen molar-refractivity contribution >= 4 is 35.5 Å². The summed E-state index contributed by atoms with van der Waals surface area (Å²) in [6.45, 7) is -0.704. The number of aliphatic hydroxyl groups excluding tert-OH is 1. The average Bonchev–Trinajstić information content (AvgIpc) is 3.94. The van der Waals surface area contributed by atoms with E-state index in [1.807, 2.05) is 22.3 Å². The van der Waals surface area contributed by atoms with Crippen LogP contribution < -0.4 is 26.6 Å². The third kappa shape index (κ3) is 12.4. The van der Waals surface area contributed by atoms with Gasteiger partial charge in [0.25, 0.3) is 5.91 Å². The number of pyridine rings is 1. The number of amides is 3. The van der Waals surface area contributed by atoms with Crippen molar-refractivity contribution in [2.24, 2.45) is 16.1 Å². The molecule has 0 spiro atoms. The van der Waals surface area contributed by atoms with Gasteiger partial charge >= 0.3 is 18.8 Å². The van der Waals surface area contributed by atoms with E-state index >= 15 is 8.78 Å². The van der Waals surface area contributed by atoms with Crippen molar-refractivity contribution in [3.8, 4) is 11.8 Å². The maximum Gasteiger partial charge on any atom is 0.407 e. The van der Waals surface area contributed by atoms with Crippen molar-refractivity contribution in [2.45, 2.75) is 102 Å². The van der Waals surface area contributed by atoms with E-state index in [1.165, 1.54) is 0 Å². The van der Waals surface area contributed by atoms with Gasteiger partial charge in [0, 0.05) is 85.7 Å². The number of hydrogen-bond donors (Lipinski definition) is 5. The minimum Gasteiger partial charge on any atom is -0.453 e. The molecule has 2 aromatic carbocycles. The molecule has 3 aromatic rings. The standard InChI is InChI=1S/C47H53F7N8O6/c1-46(2,47(52,53)54)41(60-45(66)67-3)42(64)59-37(38(63)24-56-23-34-35(48)18-30(19-36(34)49)31(20-55)22-58-44(50)51)17-28-9-6-27(7-10-28)8-11-29-12-15-40(57-21-29)61-25-32-13-14-33(26-61)62(32)43(65)39-5-4-16-68-39/h6-7,9-10,12,15,18-22,32-33,37-39,41,44,56,63H,4-5,13-14,16-17,23-26,55H2,1-3H3,(H,59,64)(H,60,66)/t32?,33?,37-,38-,39-,41+/m0/s1. The predicted molar refractivity (Wildman–Crippen MR) is 237 cm³/mol. The first kappa shape index (κ1) is 51.2. The molecule has 3 aliphatic rings. The number of nitrogens with one attached hydrogen (secondary N) is 3. The summed E-state index contributed by atoms with van der Waals surface area (Å²) >= 11 is 0. The van der Waals surface area contributed by atoms with Crippen LogP contribution in [0.5, 0.6) is 0 Å². The van der Waals surface area contributed by atoms with Gasteiger partial charge in [-0.1, -0.05) is 24.0 Å². The quantitative estimate of drug-likeness (QED) is 0.0554. The number of rotatable bonds is 16. The van der Waals surface area contributed by atoms with Gasteiger partial charge in [0.05, 0.1) is 24.7 Å². The molecule has 3 amide bonds. The molecule has 6 rings (SSSR count). The monoisotopic (exact) mass is 958 g/mol. The number of carbonyl (C=O) groups is 3. The third-order valence-electron chi connectivity index (χ3n) is 12.4. The molecule has 21 heteroatoms. The fourth-order valence-corrected chi connectivity index (χ4v) is 8.40. The Morgan fingerprint density at radius 2 is 1.65 bits per heavy atom. The van der Waals surface area contributed by atoms with Crippen molar-refractivity contribution < 1.29 is 59.7 Å². The Morgan fingerprint density at radius 3 is 2.21 bits per heavy atom. The van der Waals surface area contributed by atoms with Gasteiger partial charge < -0.3 is 46.1 Å². The van der Waals surface area contributed by atoms with Crippen LogP contribution in [0.4, 0.5) is 41.3 Å². The Morgan fingerprint density at radius 1 is 1.00 bits per heavy atom. The smallest absolute Gasteiger partial charge is 0.407 e. The van der Waals surface area contributed by atoms with E-state index in [1.54, 1.807) is 30.5 Å². The van der Waals surface area contributed by atoms with E-state index in [2.05, 4.69) is 42.1 Å². The van der Waals surface area contributed by atoms with Crippen LogP contribution in [0.3, 0.4) is 0 Å². The summed E-state index contributed by atoms with van der Waals surface area (Å²) < 4.78 is 108. The van der Waals surface area contributed by atoms with Gasteiger partial charge in [0.15, 0.2) is 0 Å². The van der Waals surface area contributed by atoms with E-state index in [0.717, 1.165) is 56.9 Å². The molecule has 0 radical (unpaired) electrons. The van der Waals surface area contributed by atoms with E-state index < -0.39 is 78.6 Å². The number of ether oxygens (including phenoxy) is 2. The van der Waals surface area contributed by atoms with Crippen molar-refractivity contribution in [3.63, 3.8) is 0 Å². The van der Waals surface area contributed by atoms with Crippen molar-refractivity contribution in [1.29, 1.82) is 0 Å². The minimum atomic E-state index is -5.00. The Balaban J connectivity index is 1.13. The molecule has 14 nitrogen and oxygen atoms in total. The number of nitrogens with zero attached hydrogens (tertiary/aromatic N) is 4. The fourth-order valence-electron chi connectivity index (χ4n) is 8.40. The molecule has 3 fully saturated rings. The number of methoxy groups -OCH3 is 1. The van der Waals surface area contributed by atoms with Gasteiger partial charge in [-0.3, -0.25) is 9.59 Å². The molecule has 0 saturated carbocycles. The molecule has 6 atom stereocenters. The number of carbonyl (C=O) groups excluding carboxylic acids is 3. The van der Waals surface area contributed by atoms with Crippen molar-refractivity contribution in [1.82, 2.24) is 25.8 Å². The number of halogens is 7. The minimum absolute atomic E-state index is 0.0850. The maximum absolute atomic E-state index is 15.1. The largest absolute Gasteiger partial charge is 0.453 e. The average molecular weight is 959 g/mol. The number of piperazine rings is 1. The molecule has 3 aliphatic heterocycles. The third-order valence-corrected chi connectivity index (χ3v) is 12.4. The van der Waals surface area contributed by atoms with Crippen molar-refractivity contribution in [3.05, 3.63) is 100 Å². The van der Waals surface area contributed by atoms with Crippen LogP contribution >= 0.6 is 0 Å². The molecule has 2 bridgehead atoms. The molecule has 2 unspecified atom stereocenters. The van der Waals surface area contributed by atoms with Gasteiger partial charge in [-0.15, -0.1) is 0 Å². The van der Waals surface area contributed by atoms with Gasteiger partial charge in [-0.25, -0.2) is 23.6 Å². The zero-order chi connectivity index (χ0) is 49.3. The highest BCUT2D eigenvalue weighted by atomic mass is 19.4. The lowest BCUT2D eigenvalue weighted by Gasteiger charge is -2.42. The SMILES string of the molecule is COC(=O)N[C@H](C(=O)N[C@@H](Cc1ccc(C#Cc2ccc(N3CC4CCC(C3)N4C(=O)[C@@H]3CCCO3)nc2)cc1)[C@@H](O)CNCc1c(F)cc(C(C=NC(F)F)=CN)cc1F)C(C)(C)C(F)(F)F. The van der Waals surface area contributed by atoms with Crippen LogP contribution in [0.2, 0.25) is 0 Å². The number of alkyl halides is 5. The second kappa shape index (κ2) is 22.2. The Hall–Kier alpha value is -6.24. The van der Waals surface area contributed by atoms with E-state index in [-0.39, 0.29) is 41.7 Å². The second-order valence-electron chi connectivity index (χ2n) is 17.3. The van der Waals surface area contributed by atoms with E-state index in [4.69, 9.17) is 10.5 Å². The van der Waals surface area contributed by atoms with E-state index in [9.17, 15) is 41.4 Å². The number of aliphatic hydroxyl groups is 1. The number of nitrogens with two attached hydrogens (primary N) is 1. The topological polar surface area (TPSA) is 184 Å². The molecular formula is C47H53F7N8O6. The number of allylic oxidation sites excluding steroid dienone is 1. The fraction of sp³-hybridized carbons (Fsp3) is 0.468. The summed E-state index contributed by atoms with van der Waals surface area (Å²) in [5.41, 5.74) is 3.43. The van der Waals surface area contributed by atoms with Crippen LogP contribution in [0, 0.1) is 28.9 Å². The van der Waals surface area contributed by atoms with Crippen LogP contribution in [-0.2, 0) is 32.0 Å². The lowest BCUT2D eigenvalue weighted by molar-refractivity contribution is -0.220. The number of aliphatic imine (C=N–C) groups is 1. The van der Waals surface area contributed by atoms with Crippen LogP contribution in [0.15, 0.2) is 65.9 Å². The maximum atomic E-state index is 15.1. The molecule has 0 aliphatic carbocycles. The Bertz CT molecular complexity index is 2350. The van der Waals surface area contributed by atoms with Crippen LogP contribution in [-0.4, -0.2) is 122 Å². The van der Waals surface area contributed by atoms with Crippen molar-refractivity contribution in [2.75, 3.05) is 38.3 Å². The summed E-state index contributed by atoms with van der Waals surface area (Å²) in [7, 11) is 0.907. The molecule has 4 heterocycles. The zero-order valence-electron chi connectivity index (χ0n) is 37.5. The van der Waals surface area contributed by atoms with Gasteiger partial charge in [0.1, 0.15) is 29.6 Å². The van der Waals surface area contributed by atoms with Gasteiger partial charge in [-0.05, 0) is 93.5 Å². The number of anilines is 1. The second-order valence-corrected chi connectivity index (χ2v) is 17.3. The Labute approximate surface area is 388 Å². The number of alkyl carbamates (subject to hydrolysis) is 1. The number of aromatic nitrogens is 1. The molecule has 68 heavy (non-hydrogen) atoms. The van der Waals surface area contributed by atoms with Crippen LogP contribution in [0.1, 0.15) is 67.3 Å². The van der Waals surface area contributed by atoms with Crippen LogP contribution in [0.25, 0.3) is 5.57 Å². The highest BCUT2D eigenvalue weighted by Gasteiger charge is 2.56. The lowest BCUT2D eigenvalue weighted by Crippen LogP contribution is -2.62. The molecule has 3 saturated heterocycles. The first-order chi connectivity index (χ1) is 32.3. The molecule has 1 aromatic heterocycles. The zero-order valence-corrected chi connectivity index (χ0v) is 37.5. The molecule has 6 N–H and O–H groups in total. The first-order valence-corrected chi connectivity index (χ1v) is 21.9. The summed E-state index contributed by atoms with van der Waals surface area (Å²) in [4.78, 5) is 50.7. The van der Waals surface area contributed by atoms with Gasteiger partial charge in [-0.2, -0.15) is 22.0 Å². The van der Waals surface area contributed by atoms with Gasteiger partial charge in [0.2, 0.25) is 5.91 Å². The highest BCUT2D eigenvalue weighted by Crippen LogP contribution is 2.41. The number of fused-ring (bicyclic) bond motifs is 2.